The molecule has 4 aromatic rings. The monoisotopic (exact) mass is 357 g/mol. The van der Waals surface area contributed by atoms with Gasteiger partial charge >= 0.3 is 0 Å². The van der Waals surface area contributed by atoms with E-state index in [1.54, 1.807) is 16.9 Å². The predicted molar refractivity (Wildman–Crippen MR) is 107 cm³/mol. The number of pyridine rings is 1. The van der Waals surface area contributed by atoms with Gasteiger partial charge in [0.05, 0.1) is 5.69 Å². The van der Waals surface area contributed by atoms with Gasteiger partial charge in [0.2, 0.25) is 0 Å². The van der Waals surface area contributed by atoms with Crippen molar-refractivity contribution >= 4 is 5.78 Å². The van der Waals surface area contributed by atoms with Crippen molar-refractivity contribution in [2.75, 3.05) is 0 Å². The Morgan fingerprint density at radius 1 is 0.963 bits per heavy atom. The van der Waals surface area contributed by atoms with E-state index in [-0.39, 0.29) is 5.92 Å². The average Bonchev–Trinajstić information content (AvgIpc) is 3.12. The zero-order valence-electron chi connectivity index (χ0n) is 15.9. The van der Waals surface area contributed by atoms with E-state index in [2.05, 4.69) is 60.0 Å². The van der Waals surface area contributed by atoms with Crippen molar-refractivity contribution < 1.29 is 0 Å². The van der Waals surface area contributed by atoms with Crippen molar-refractivity contribution in [1.82, 2.24) is 24.6 Å². The quantitative estimate of drug-likeness (QED) is 0.526. The summed E-state index contributed by atoms with van der Waals surface area (Å²) in [6.45, 7) is 6.61. The van der Waals surface area contributed by atoms with E-state index >= 15 is 0 Å². The van der Waals surface area contributed by atoms with Crippen LogP contribution in [0.3, 0.4) is 0 Å². The Bertz CT molecular complexity index is 1040. The molecular weight excluding hydrogens is 334 g/mol. The number of rotatable bonds is 5. The molecule has 0 radical (unpaired) electrons. The first-order valence-electron chi connectivity index (χ1n) is 9.32. The molecule has 0 spiro atoms. The number of benzene rings is 1. The second-order valence-corrected chi connectivity index (χ2v) is 7.31. The first kappa shape index (κ1) is 17.3. The van der Waals surface area contributed by atoms with Crippen molar-refractivity contribution in [2.24, 2.45) is 5.92 Å². The summed E-state index contributed by atoms with van der Waals surface area (Å²) in [5.41, 5.74) is 4.50. The fourth-order valence-corrected chi connectivity index (χ4v) is 3.29. The van der Waals surface area contributed by atoms with Gasteiger partial charge in [-0.1, -0.05) is 45.0 Å². The Morgan fingerprint density at radius 2 is 1.78 bits per heavy atom. The summed E-state index contributed by atoms with van der Waals surface area (Å²) >= 11 is 0. The molecule has 3 heterocycles. The number of fused-ring (bicyclic) bond motifs is 1. The molecule has 3 aromatic heterocycles. The number of nitrogens with zero attached hydrogens (tertiary/aromatic N) is 5. The molecule has 5 nitrogen and oxygen atoms in total. The van der Waals surface area contributed by atoms with Crippen molar-refractivity contribution in [3.05, 3.63) is 78.0 Å². The molecule has 27 heavy (non-hydrogen) atoms. The second-order valence-electron chi connectivity index (χ2n) is 7.31. The molecule has 0 aliphatic rings. The molecule has 0 saturated carbocycles. The van der Waals surface area contributed by atoms with Crippen LogP contribution in [-0.2, 0) is 6.42 Å². The van der Waals surface area contributed by atoms with Gasteiger partial charge in [-0.3, -0.25) is 4.98 Å². The van der Waals surface area contributed by atoms with E-state index in [9.17, 15) is 0 Å². The lowest BCUT2D eigenvalue weighted by Gasteiger charge is -2.10. The van der Waals surface area contributed by atoms with Gasteiger partial charge in [-0.15, -0.1) is 5.10 Å². The highest BCUT2D eigenvalue weighted by molar-refractivity contribution is 5.60. The molecule has 5 heteroatoms. The van der Waals surface area contributed by atoms with Gasteiger partial charge in [-0.05, 0) is 41.7 Å². The van der Waals surface area contributed by atoms with Crippen LogP contribution in [0.5, 0.6) is 0 Å². The second kappa shape index (κ2) is 7.27. The van der Waals surface area contributed by atoms with Gasteiger partial charge in [0.25, 0.3) is 5.78 Å². The fraction of sp³-hybridized carbons (Fsp3) is 0.273. The molecule has 0 aliphatic carbocycles. The van der Waals surface area contributed by atoms with Crippen LogP contribution in [-0.4, -0.2) is 24.6 Å². The third kappa shape index (κ3) is 3.58. The number of hydrogen-bond acceptors (Lipinski definition) is 4. The molecule has 0 bridgehead atoms. The van der Waals surface area contributed by atoms with Crippen LogP contribution >= 0.6 is 0 Å². The number of aromatic nitrogens is 5. The molecule has 136 valence electrons. The third-order valence-corrected chi connectivity index (χ3v) is 4.73. The summed E-state index contributed by atoms with van der Waals surface area (Å²) < 4.78 is 1.80. The molecule has 0 unspecified atom stereocenters. The molecule has 4 rings (SSSR count). The van der Waals surface area contributed by atoms with Crippen LogP contribution in [0.4, 0.5) is 0 Å². The van der Waals surface area contributed by atoms with Gasteiger partial charge < -0.3 is 0 Å². The van der Waals surface area contributed by atoms with Gasteiger partial charge in [0, 0.05) is 30.1 Å². The van der Waals surface area contributed by atoms with Crippen molar-refractivity contribution in [2.45, 2.75) is 33.1 Å². The van der Waals surface area contributed by atoms with Crippen molar-refractivity contribution in [1.29, 1.82) is 0 Å². The maximum atomic E-state index is 4.75. The molecule has 1 atom stereocenters. The Balaban J connectivity index is 1.68. The highest BCUT2D eigenvalue weighted by Crippen LogP contribution is 2.24. The Labute approximate surface area is 159 Å². The zero-order chi connectivity index (χ0) is 18.8. The van der Waals surface area contributed by atoms with E-state index < -0.39 is 0 Å². The van der Waals surface area contributed by atoms with Gasteiger partial charge in [-0.2, -0.15) is 9.50 Å². The van der Waals surface area contributed by atoms with Gasteiger partial charge in [0.15, 0.2) is 5.82 Å². The highest BCUT2D eigenvalue weighted by atomic mass is 15.3. The zero-order valence-corrected chi connectivity index (χ0v) is 15.9. The molecule has 0 N–H and O–H groups in total. The van der Waals surface area contributed by atoms with E-state index in [0.29, 0.717) is 11.7 Å². The Morgan fingerprint density at radius 3 is 2.48 bits per heavy atom. The number of hydrogen-bond donors (Lipinski definition) is 0. The van der Waals surface area contributed by atoms with Crippen LogP contribution in [0.15, 0.2) is 61.1 Å². The smallest absolute Gasteiger partial charge is 0.252 e. The fourth-order valence-electron chi connectivity index (χ4n) is 3.29. The van der Waals surface area contributed by atoms with Gasteiger partial charge in [-0.25, -0.2) is 4.98 Å². The minimum atomic E-state index is 0.0987. The van der Waals surface area contributed by atoms with E-state index in [0.717, 1.165) is 23.5 Å². The van der Waals surface area contributed by atoms with Crippen LogP contribution < -0.4 is 0 Å². The maximum absolute atomic E-state index is 4.75. The summed E-state index contributed by atoms with van der Waals surface area (Å²) in [6.07, 6.45) is 6.45. The first-order valence-corrected chi connectivity index (χ1v) is 9.32. The lowest BCUT2D eigenvalue weighted by Crippen LogP contribution is -2.01. The third-order valence-electron chi connectivity index (χ3n) is 4.73. The Kier molecular flexibility index (Phi) is 4.67. The molecule has 0 amide bonds. The van der Waals surface area contributed by atoms with E-state index in [1.165, 1.54) is 11.1 Å². The molecule has 1 aromatic carbocycles. The van der Waals surface area contributed by atoms with Gasteiger partial charge in [0.1, 0.15) is 0 Å². The molecule has 0 fully saturated rings. The normalized spacial score (nSPS) is 12.6. The van der Waals surface area contributed by atoms with Crippen molar-refractivity contribution in [3.63, 3.8) is 0 Å². The predicted octanol–water partition coefficient (Wildman–Crippen LogP) is 4.54. The van der Waals surface area contributed by atoms with Crippen molar-refractivity contribution in [3.8, 4) is 11.3 Å². The molecule has 0 aliphatic heterocycles. The summed E-state index contributed by atoms with van der Waals surface area (Å²) in [7, 11) is 0. The lowest BCUT2D eigenvalue weighted by atomic mass is 9.96. The van der Waals surface area contributed by atoms with E-state index in [4.69, 9.17) is 5.10 Å². The summed E-state index contributed by atoms with van der Waals surface area (Å²) in [5, 5.41) is 4.75. The van der Waals surface area contributed by atoms with Crippen LogP contribution in [0.1, 0.15) is 43.6 Å². The topological polar surface area (TPSA) is 56.0 Å². The molecule has 0 saturated heterocycles. The van der Waals surface area contributed by atoms with Crippen LogP contribution in [0.2, 0.25) is 0 Å². The standard InChI is InChI=1S/C22H23N5/c1-15(2)13-17-6-8-18(9-7-17)16(3)21-25-22-24-12-10-20(27(22)26-21)19-5-4-11-23-14-19/h4-12,14-16H,13H2,1-3H3/t16-/m1/s1. The summed E-state index contributed by atoms with van der Waals surface area (Å²) in [5.74, 6) is 2.14. The maximum Gasteiger partial charge on any atom is 0.252 e. The van der Waals surface area contributed by atoms with Crippen LogP contribution in [0.25, 0.3) is 17.0 Å². The minimum Gasteiger partial charge on any atom is -0.264 e. The largest absolute Gasteiger partial charge is 0.264 e. The van der Waals surface area contributed by atoms with Crippen LogP contribution in [0, 0.1) is 5.92 Å². The highest BCUT2D eigenvalue weighted by Gasteiger charge is 2.17. The molecular formula is C22H23N5. The minimum absolute atomic E-state index is 0.0987. The SMILES string of the molecule is CC(C)Cc1ccc([C@@H](C)c2nc3nccc(-c4cccnc4)n3n2)cc1. The summed E-state index contributed by atoms with van der Waals surface area (Å²) in [6, 6.07) is 14.7. The summed E-state index contributed by atoms with van der Waals surface area (Å²) in [4.78, 5) is 13.3. The van der Waals surface area contributed by atoms with E-state index in [1.807, 2.05) is 24.4 Å². The average molecular weight is 357 g/mol. The first-order chi connectivity index (χ1) is 13.1. The Hall–Kier alpha value is -3.08. The lowest BCUT2D eigenvalue weighted by molar-refractivity contribution is 0.647.